The number of nitrogens with one attached hydrogen (secondary N) is 3. The molecule has 3 rings (SSSR count). The van der Waals surface area contributed by atoms with Gasteiger partial charge in [-0.1, -0.05) is 17.1 Å². The number of hydrogen-bond donors (Lipinski definition) is 2. The molecule has 7 heteroatoms. The molecule has 0 fully saturated rings. The SMILES string of the molecule is COc1ccc(CNc2[nH+]cnc3nc[nH]c23)cc1.[Cl-]. The van der Waals surface area contributed by atoms with Gasteiger partial charge in [0.15, 0.2) is 5.52 Å². The number of nitrogens with zero attached hydrogens (tertiary/aromatic N) is 2. The zero-order valence-corrected chi connectivity index (χ0v) is 11.6. The number of aromatic nitrogens is 4. The summed E-state index contributed by atoms with van der Waals surface area (Å²) in [6.45, 7) is 0.707. The number of aromatic amines is 2. The predicted molar refractivity (Wildman–Crippen MR) is 70.8 cm³/mol. The van der Waals surface area contributed by atoms with Gasteiger partial charge in [0, 0.05) is 0 Å². The first-order valence-corrected chi connectivity index (χ1v) is 5.93. The number of ether oxygens (including phenoxy) is 1. The zero-order valence-electron chi connectivity index (χ0n) is 10.9. The average Bonchev–Trinajstić information content (AvgIpc) is 2.94. The van der Waals surface area contributed by atoms with Crippen LogP contribution in [0.1, 0.15) is 5.56 Å². The van der Waals surface area contributed by atoms with Crippen LogP contribution < -0.4 is 27.4 Å². The number of H-pyrrole nitrogens is 2. The monoisotopic (exact) mass is 291 g/mol. The first-order chi connectivity index (χ1) is 9.36. The molecule has 0 amide bonds. The molecule has 0 bridgehead atoms. The molecular formula is C13H14ClN5O. The van der Waals surface area contributed by atoms with E-state index in [-0.39, 0.29) is 12.4 Å². The molecular weight excluding hydrogens is 278 g/mol. The van der Waals surface area contributed by atoms with Crippen LogP contribution in [0.2, 0.25) is 0 Å². The largest absolute Gasteiger partial charge is 1.00 e. The first kappa shape index (κ1) is 14.1. The minimum absolute atomic E-state index is 0. The Morgan fingerprint density at radius 3 is 2.80 bits per heavy atom. The molecule has 2 aromatic heterocycles. The smallest absolute Gasteiger partial charge is 0.260 e. The fourth-order valence-electron chi connectivity index (χ4n) is 1.87. The van der Waals surface area contributed by atoms with E-state index < -0.39 is 0 Å². The van der Waals surface area contributed by atoms with Gasteiger partial charge in [-0.15, -0.1) is 0 Å². The zero-order chi connectivity index (χ0) is 13.1. The Labute approximate surface area is 122 Å². The fourth-order valence-corrected chi connectivity index (χ4v) is 1.87. The quantitative estimate of drug-likeness (QED) is 0.607. The van der Waals surface area contributed by atoms with Crippen LogP contribution in [0.5, 0.6) is 5.75 Å². The van der Waals surface area contributed by atoms with Crippen LogP contribution in [0, 0.1) is 0 Å². The summed E-state index contributed by atoms with van der Waals surface area (Å²) in [5.74, 6) is 1.73. The van der Waals surface area contributed by atoms with E-state index in [2.05, 4.69) is 25.3 Å². The van der Waals surface area contributed by atoms with E-state index in [9.17, 15) is 0 Å². The van der Waals surface area contributed by atoms with Crippen LogP contribution in [0.25, 0.3) is 11.2 Å². The van der Waals surface area contributed by atoms with Crippen LogP contribution in [0.3, 0.4) is 0 Å². The average molecular weight is 292 g/mol. The molecule has 0 unspecified atom stereocenters. The summed E-state index contributed by atoms with van der Waals surface area (Å²) in [6.07, 6.45) is 3.25. The van der Waals surface area contributed by atoms with Gasteiger partial charge in [-0.25, -0.2) is 9.97 Å². The van der Waals surface area contributed by atoms with Crippen molar-refractivity contribution in [3.8, 4) is 5.75 Å². The lowest BCUT2D eigenvalue weighted by atomic mass is 10.2. The molecule has 2 heterocycles. The maximum absolute atomic E-state index is 5.13. The molecule has 3 aromatic rings. The Hall–Kier alpha value is -2.34. The normalized spacial score (nSPS) is 10.1. The highest BCUT2D eigenvalue weighted by atomic mass is 35.5. The highest BCUT2D eigenvalue weighted by Gasteiger charge is 2.10. The molecule has 104 valence electrons. The van der Waals surface area contributed by atoms with Crippen molar-refractivity contribution in [2.45, 2.75) is 6.54 Å². The van der Waals surface area contributed by atoms with Gasteiger partial charge in [0.2, 0.25) is 12.1 Å². The molecule has 0 spiro atoms. The summed E-state index contributed by atoms with van der Waals surface area (Å²) in [6, 6.07) is 7.94. The van der Waals surface area contributed by atoms with E-state index in [1.165, 1.54) is 5.56 Å². The Morgan fingerprint density at radius 1 is 1.25 bits per heavy atom. The lowest BCUT2D eigenvalue weighted by Crippen LogP contribution is -3.00. The maximum Gasteiger partial charge on any atom is 0.260 e. The Kier molecular flexibility index (Phi) is 4.37. The van der Waals surface area contributed by atoms with Gasteiger partial charge in [0.1, 0.15) is 5.75 Å². The van der Waals surface area contributed by atoms with Crippen LogP contribution in [-0.4, -0.2) is 22.1 Å². The molecule has 6 nitrogen and oxygen atoms in total. The van der Waals surface area contributed by atoms with Crippen molar-refractivity contribution in [2.24, 2.45) is 0 Å². The summed E-state index contributed by atoms with van der Waals surface area (Å²) in [5.41, 5.74) is 2.73. The third kappa shape index (κ3) is 2.80. The third-order valence-corrected chi connectivity index (χ3v) is 2.89. The van der Waals surface area contributed by atoms with Gasteiger partial charge in [-0.05, 0) is 17.7 Å². The van der Waals surface area contributed by atoms with Crippen LogP contribution >= 0.6 is 0 Å². The lowest BCUT2D eigenvalue weighted by molar-refractivity contribution is -0.364. The predicted octanol–water partition coefficient (Wildman–Crippen LogP) is -1.60. The number of halogens is 1. The second-order valence-corrected chi connectivity index (χ2v) is 4.08. The third-order valence-electron chi connectivity index (χ3n) is 2.89. The van der Waals surface area contributed by atoms with E-state index in [0.717, 1.165) is 17.1 Å². The summed E-state index contributed by atoms with van der Waals surface area (Å²) in [4.78, 5) is 14.4. The number of benzene rings is 1. The van der Waals surface area contributed by atoms with Gasteiger partial charge in [-0.3, -0.25) is 5.32 Å². The fraction of sp³-hybridized carbons (Fsp3) is 0.154. The number of methoxy groups -OCH3 is 1. The van der Waals surface area contributed by atoms with Crippen LogP contribution in [0.4, 0.5) is 5.82 Å². The molecule has 0 radical (unpaired) electrons. The van der Waals surface area contributed by atoms with E-state index in [0.29, 0.717) is 12.2 Å². The summed E-state index contributed by atoms with van der Waals surface area (Å²) < 4.78 is 5.13. The van der Waals surface area contributed by atoms with E-state index in [4.69, 9.17) is 4.74 Å². The number of fused-ring (bicyclic) bond motifs is 1. The van der Waals surface area contributed by atoms with Gasteiger partial charge in [-0.2, -0.15) is 0 Å². The van der Waals surface area contributed by atoms with Crippen molar-refractivity contribution in [3.63, 3.8) is 0 Å². The summed E-state index contributed by atoms with van der Waals surface area (Å²) >= 11 is 0. The molecule has 0 aliphatic rings. The van der Waals surface area contributed by atoms with Gasteiger partial charge in [0.25, 0.3) is 5.65 Å². The van der Waals surface area contributed by atoms with Gasteiger partial charge >= 0.3 is 0 Å². The molecule has 1 aromatic carbocycles. The number of imidazole rings is 1. The topological polar surface area (TPSA) is 77.0 Å². The van der Waals surface area contributed by atoms with Gasteiger partial charge in [0.05, 0.1) is 20.0 Å². The maximum atomic E-state index is 5.13. The minimum Gasteiger partial charge on any atom is -1.00 e. The molecule has 0 saturated carbocycles. The Morgan fingerprint density at radius 2 is 2.05 bits per heavy atom. The molecule has 0 saturated heterocycles. The molecule has 0 atom stereocenters. The standard InChI is InChI=1S/C13H13N5O.ClH/c1-19-10-4-2-9(3-5-10)6-14-12-11-13(16-7-15-11)18-8-17-12;/h2-5,7-8H,6H2,1H3,(H2,14,15,16,17,18);1H. The molecule has 0 aliphatic heterocycles. The minimum atomic E-state index is 0. The van der Waals surface area contributed by atoms with Gasteiger partial charge < -0.3 is 22.1 Å². The van der Waals surface area contributed by atoms with Crippen LogP contribution in [-0.2, 0) is 6.54 Å². The van der Waals surface area contributed by atoms with E-state index in [1.54, 1.807) is 19.8 Å². The van der Waals surface area contributed by atoms with Crippen molar-refractivity contribution >= 4 is 17.0 Å². The van der Waals surface area contributed by atoms with Crippen molar-refractivity contribution in [1.29, 1.82) is 0 Å². The lowest BCUT2D eigenvalue weighted by Gasteiger charge is -2.03. The number of rotatable bonds is 4. The van der Waals surface area contributed by atoms with Crippen molar-refractivity contribution in [2.75, 3.05) is 12.4 Å². The summed E-state index contributed by atoms with van der Waals surface area (Å²) in [7, 11) is 1.66. The van der Waals surface area contributed by atoms with Crippen LogP contribution in [0.15, 0.2) is 36.9 Å². The highest BCUT2D eigenvalue weighted by molar-refractivity contribution is 5.79. The molecule has 0 aliphatic carbocycles. The molecule has 20 heavy (non-hydrogen) atoms. The van der Waals surface area contributed by atoms with E-state index in [1.807, 2.05) is 24.3 Å². The number of anilines is 1. The van der Waals surface area contributed by atoms with E-state index >= 15 is 0 Å². The highest BCUT2D eigenvalue weighted by Crippen LogP contribution is 2.14. The van der Waals surface area contributed by atoms with Crippen molar-refractivity contribution < 1.29 is 22.1 Å². The second-order valence-electron chi connectivity index (χ2n) is 4.08. The first-order valence-electron chi connectivity index (χ1n) is 5.93. The van der Waals surface area contributed by atoms with Crippen molar-refractivity contribution in [1.82, 2.24) is 15.0 Å². The molecule has 3 N–H and O–H groups in total. The Balaban J connectivity index is 0.00000147. The van der Waals surface area contributed by atoms with Crippen molar-refractivity contribution in [3.05, 3.63) is 42.5 Å². The number of hydrogen-bond acceptors (Lipinski definition) is 4. The second kappa shape index (κ2) is 6.21. The Bertz CT molecular complexity index is 683. The summed E-state index contributed by atoms with van der Waals surface area (Å²) in [5, 5.41) is 3.32.